The van der Waals surface area contributed by atoms with Gasteiger partial charge in [0.2, 0.25) is 0 Å². The lowest BCUT2D eigenvalue weighted by Gasteiger charge is -2.21. The lowest BCUT2D eigenvalue weighted by Crippen LogP contribution is -2.34. The molecule has 0 saturated heterocycles. The van der Waals surface area contributed by atoms with Crippen molar-refractivity contribution in [2.45, 2.75) is 13.8 Å². The van der Waals surface area contributed by atoms with E-state index in [1.807, 2.05) is 0 Å². The van der Waals surface area contributed by atoms with Crippen LogP contribution in [0.3, 0.4) is 0 Å². The average molecular weight is 128 g/mol. The molecule has 0 aromatic heterocycles. The molecule has 0 radical (unpaired) electrons. The lowest BCUT2D eigenvalue weighted by atomic mass is 10.3. The van der Waals surface area contributed by atoms with E-state index in [1.165, 1.54) is 5.57 Å². The molecule has 0 saturated carbocycles. The Balaban J connectivity index is 3.64. The van der Waals surface area contributed by atoms with Crippen LogP contribution in [0.5, 0.6) is 0 Å². The van der Waals surface area contributed by atoms with Crippen molar-refractivity contribution in [3.05, 3.63) is 11.6 Å². The highest BCUT2D eigenvalue weighted by molar-refractivity contribution is 4.92. The van der Waals surface area contributed by atoms with Gasteiger partial charge in [0.25, 0.3) is 0 Å². The average Bonchev–Trinajstić information content (AvgIpc) is 1.59. The van der Waals surface area contributed by atoms with E-state index >= 15 is 0 Å². The van der Waals surface area contributed by atoms with Gasteiger partial charge >= 0.3 is 0 Å². The summed E-state index contributed by atoms with van der Waals surface area (Å²) in [6.45, 7) is 5.40. The van der Waals surface area contributed by atoms with Gasteiger partial charge in [0.05, 0.1) is 27.7 Å². The van der Waals surface area contributed by atoms with E-state index in [2.05, 4.69) is 41.1 Å². The van der Waals surface area contributed by atoms with E-state index in [1.54, 1.807) is 0 Å². The second kappa shape index (κ2) is 3.02. The first kappa shape index (κ1) is 8.70. The van der Waals surface area contributed by atoms with Gasteiger partial charge in [-0.2, -0.15) is 0 Å². The Morgan fingerprint density at radius 2 is 1.67 bits per heavy atom. The van der Waals surface area contributed by atoms with Crippen molar-refractivity contribution in [2.24, 2.45) is 0 Å². The van der Waals surface area contributed by atoms with E-state index in [9.17, 15) is 0 Å². The molecule has 0 aliphatic carbocycles. The molecule has 0 bridgehead atoms. The topological polar surface area (TPSA) is 0 Å². The van der Waals surface area contributed by atoms with Crippen LogP contribution in [-0.2, 0) is 0 Å². The largest absolute Gasteiger partial charge is 0.328 e. The zero-order chi connectivity index (χ0) is 7.49. The van der Waals surface area contributed by atoms with Crippen LogP contribution in [-0.4, -0.2) is 32.2 Å². The molecule has 54 valence electrons. The van der Waals surface area contributed by atoms with Gasteiger partial charge in [-0.25, -0.2) is 0 Å². The zero-order valence-electron chi connectivity index (χ0n) is 7.23. The number of rotatable bonds is 2. The van der Waals surface area contributed by atoms with E-state index in [0.717, 1.165) is 11.0 Å². The van der Waals surface area contributed by atoms with Gasteiger partial charge in [-0.3, -0.25) is 0 Å². The van der Waals surface area contributed by atoms with Crippen molar-refractivity contribution < 1.29 is 4.48 Å². The van der Waals surface area contributed by atoms with E-state index in [-0.39, 0.29) is 0 Å². The highest BCUT2D eigenvalue weighted by Gasteiger charge is 2.01. The van der Waals surface area contributed by atoms with Gasteiger partial charge < -0.3 is 4.48 Å². The summed E-state index contributed by atoms with van der Waals surface area (Å²) in [6.07, 6.45) is 2.26. The fourth-order valence-corrected chi connectivity index (χ4v) is 0.456. The minimum absolute atomic E-state index is 1.02. The summed E-state index contributed by atoms with van der Waals surface area (Å²) in [5.41, 5.74) is 1.41. The normalized spacial score (nSPS) is 11.2. The van der Waals surface area contributed by atoms with Crippen molar-refractivity contribution in [1.29, 1.82) is 0 Å². The molecule has 0 heterocycles. The predicted octanol–water partition coefficient (Wildman–Crippen LogP) is 1.66. The number of allylic oxidation sites excluding steroid dienone is 1. The molecule has 0 aromatic carbocycles. The Bertz CT molecular complexity index is 102. The number of hydrogen-bond acceptors (Lipinski definition) is 0. The van der Waals surface area contributed by atoms with E-state index in [4.69, 9.17) is 0 Å². The first-order chi connectivity index (χ1) is 3.92. The third-order valence-corrected chi connectivity index (χ3v) is 1.05. The van der Waals surface area contributed by atoms with Crippen LogP contribution in [0.25, 0.3) is 0 Å². The molecular weight excluding hydrogens is 110 g/mol. The molecule has 0 aromatic rings. The molecular formula is C8H18N+. The second-order valence-corrected chi connectivity index (χ2v) is 3.75. The van der Waals surface area contributed by atoms with Crippen LogP contribution < -0.4 is 0 Å². The summed E-state index contributed by atoms with van der Waals surface area (Å²) in [6, 6.07) is 0. The van der Waals surface area contributed by atoms with Crippen molar-refractivity contribution in [3.8, 4) is 0 Å². The van der Waals surface area contributed by atoms with Gasteiger partial charge in [0.1, 0.15) is 0 Å². The molecule has 9 heavy (non-hydrogen) atoms. The molecule has 0 N–H and O–H groups in total. The van der Waals surface area contributed by atoms with Crippen LogP contribution >= 0.6 is 0 Å². The van der Waals surface area contributed by atoms with Crippen LogP contribution in [0.1, 0.15) is 13.8 Å². The maximum Gasteiger partial charge on any atom is 0.0969 e. The maximum atomic E-state index is 2.26. The van der Waals surface area contributed by atoms with Gasteiger partial charge in [-0.1, -0.05) is 5.57 Å². The lowest BCUT2D eigenvalue weighted by molar-refractivity contribution is -0.864. The maximum absolute atomic E-state index is 2.26. The Hall–Kier alpha value is -0.300. The molecule has 0 rings (SSSR count). The summed E-state index contributed by atoms with van der Waals surface area (Å²) >= 11 is 0. The van der Waals surface area contributed by atoms with Gasteiger partial charge in [-0.15, -0.1) is 0 Å². The summed E-state index contributed by atoms with van der Waals surface area (Å²) in [5, 5.41) is 0. The van der Waals surface area contributed by atoms with Gasteiger partial charge in [0, 0.05) is 0 Å². The first-order valence-corrected chi connectivity index (χ1v) is 3.35. The Morgan fingerprint density at radius 1 is 1.22 bits per heavy atom. The summed E-state index contributed by atoms with van der Waals surface area (Å²) in [5.74, 6) is 0. The van der Waals surface area contributed by atoms with Crippen LogP contribution in [0, 0.1) is 0 Å². The molecule has 0 amide bonds. The highest BCUT2D eigenvalue weighted by Crippen LogP contribution is 1.94. The molecule has 1 nitrogen and oxygen atoms in total. The number of hydrogen-bond donors (Lipinski definition) is 0. The Kier molecular flexibility index (Phi) is 2.92. The number of likely N-dealkylation sites (N-methyl/N-ethyl adjacent to an activating group) is 1. The first-order valence-electron chi connectivity index (χ1n) is 3.35. The van der Waals surface area contributed by atoms with E-state index in [0.29, 0.717) is 0 Å². The quantitative estimate of drug-likeness (QED) is 0.392. The van der Waals surface area contributed by atoms with Crippen molar-refractivity contribution in [1.82, 2.24) is 0 Å². The van der Waals surface area contributed by atoms with Crippen molar-refractivity contribution >= 4 is 0 Å². The smallest absolute Gasteiger partial charge is 0.0969 e. The minimum atomic E-state index is 1.02. The second-order valence-electron chi connectivity index (χ2n) is 3.75. The van der Waals surface area contributed by atoms with Crippen LogP contribution in [0.4, 0.5) is 0 Å². The van der Waals surface area contributed by atoms with E-state index < -0.39 is 0 Å². The third-order valence-electron chi connectivity index (χ3n) is 1.05. The molecule has 0 fully saturated rings. The summed E-state index contributed by atoms with van der Waals surface area (Å²) in [7, 11) is 6.58. The number of nitrogens with zero attached hydrogens (tertiary/aromatic N) is 1. The molecule has 0 aliphatic heterocycles. The SMILES string of the molecule is CC(C)=CC[N+](C)(C)C. The minimum Gasteiger partial charge on any atom is -0.328 e. The third kappa shape index (κ3) is 7.70. The Labute approximate surface area is 58.6 Å². The number of quaternary nitrogens is 1. The monoisotopic (exact) mass is 128 g/mol. The predicted molar refractivity (Wildman–Crippen MR) is 42.3 cm³/mol. The van der Waals surface area contributed by atoms with Gasteiger partial charge in [-0.05, 0) is 19.9 Å². The Morgan fingerprint density at radius 3 is 1.78 bits per heavy atom. The highest BCUT2D eigenvalue weighted by atomic mass is 15.3. The van der Waals surface area contributed by atoms with Gasteiger partial charge in [0.15, 0.2) is 0 Å². The van der Waals surface area contributed by atoms with Crippen molar-refractivity contribution in [3.63, 3.8) is 0 Å². The molecule has 0 spiro atoms. The fourth-order valence-electron chi connectivity index (χ4n) is 0.456. The zero-order valence-corrected chi connectivity index (χ0v) is 7.23. The summed E-state index contributed by atoms with van der Waals surface area (Å²) in [4.78, 5) is 0. The molecule has 0 aliphatic rings. The van der Waals surface area contributed by atoms with Crippen LogP contribution in [0.2, 0.25) is 0 Å². The molecule has 0 atom stereocenters. The molecule has 0 unspecified atom stereocenters. The van der Waals surface area contributed by atoms with Crippen molar-refractivity contribution in [2.75, 3.05) is 27.7 Å². The van der Waals surface area contributed by atoms with Crippen LogP contribution in [0.15, 0.2) is 11.6 Å². The summed E-state index contributed by atoms with van der Waals surface area (Å²) < 4.78 is 1.02. The molecule has 1 heteroatoms. The standard InChI is InChI=1S/C8H18N/c1-8(2)6-7-9(3,4)5/h6H,7H2,1-5H3/q+1. The fraction of sp³-hybridized carbons (Fsp3) is 0.750.